The third-order valence-corrected chi connectivity index (χ3v) is 3.24. The van der Waals surface area contributed by atoms with Crippen molar-refractivity contribution in [3.05, 3.63) is 64.1 Å². The second kappa shape index (κ2) is 5.61. The molecular formula is C15H16N2O3. The lowest BCUT2D eigenvalue weighted by Gasteiger charge is -2.16. The van der Waals surface area contributed by atoms with Gasteiger partial charge < -0.3 is 15.0 Å². The average Bonchev–Trinajstić information content (AvgIpc) is 2.47. The minimum absolute atomic E-state index is 0.182. The van der Waals surface area contributed by atoms with E-state index in [1.165, 1.54) is 22.9 Å². The summed E-state index contributed by atoms with van der Waals surface area (Å²) < 4.78 is 6.59. The number of benzene rings is 1. The number of nitrogens with two attached hydrogens (primary N) is 1. The van der Waals surface area contributed by atoms with Gasteiger partial charge in [-0.3, -0.25) is 9.59 Å². The molecule has 1 heterocycles. The molecule has 1 amide bonds. The lowest BCUT2D eigenvalue weighted by atomic mass is 10.1. The maximum absolute atomic E-state index is 11.9. The molecule has 104 valence electrons. The van der Waals surface area contributed by atoms with Gasteiger partial charge in [-0.15, -0.1) is 0 Å². The third-order valence-electron chi connectivity index (χ3n) is 3.24. The maximum Gasteiger partial charge on any atom is 0.251 e. The molecule has 0 radical (unpaired) electrons. The van der Waals surface area contributed by atoms with E-state index in [1.807, 2.05) is 31.2 Å². The summed E-state index contributed by atoms with van der Waals surface area (Å²) in [5, 5.41) is 0. The minimum Gasteiger partial charge on any atom is -0.497 e. The Hall–Kier alpha value is -2.56. The van der Waals surface area contributed by atoms with Crippen LogP contribution >= 0.6 is 0 Å². The largest absolute Gasteiger partial charge is 0.497 e. The number of primary amides is 1. The highest BCUT2D eigenvalue weighted by Gasteiger charge is 2.11. The van der Waals surface area contributed by atoms with Crippen molar-refractivity contribution in [2.75, 3.05) is 7.11 Å². The number of carbonyl (C=O) groups is 1. The predicted molar refractivity (Wildman–Crippen MR) is 76.0 cm³/mol. The molecule has 0 fully saturated rings. The molecule has 0 spiro atoms. The van der Waals surface area contributed by atoms with Crippen molar-refractivity contribution in [1.29, 1.82) is 0 Å². The van der Waals surface area contributed by atoms with E-state index in [2.05, 4.69) is 0 Å². The number of amides is 1. The first-order chi connectivity index (χ1) is 9.52. The van der Waals surface area contributed by atoms with Crippen molar-refractivity contribution in [2.24, 2.45) is 5.73 Å². The monoisotopic (exact) mass is 272 g/mol. The SMILES string of the molecule is COc1ccc(C(C)n2cc(C(N)=O)ccc2=O)cc1. The van der Waals surface area contributed by atoms with E-state index in [9.17, 15) is 9.59 Å². The van der Waals surface area contributed by atoms with Crippen LogP contribution in [0.4, 0.5) is 0 Å². The molecule has 2 aromatic rings. The summed E-state index contributed by atoms with van der Waals surface area (Å²) in [6.07, 6.45) is 1.49. The summed E-state index contributed by atoms with van der Waals surface area (Å²) in [6.45, 7) is 1.88. The van der Waals surface area contributed by atoms with Gasteiger partial charge in [-0.25, -0.2) is 0 Å². The fourth-order valence-electron chi connectivity index (χ4n) is 2.00. The summed E-state index contributed by atoms with van der Waals surface area (Å²) in [6, 6.07) is 10.00. The lowest BCUT2D eigenvalue weighted by molar-refractivity contribution is 0.0999. The van der Waals surface area contributed by atoms with Gasteiger partial charge in [0.25, 0.3) is 5.56 Å². The Morgan fingerprint density at radius 1 is 1.20 bits per heavy atom. The second-order valence-electron chi connectivity index (χ2n) is 4.48. The fraction of sp³-hybridized carbons (Fsp3) is 0.200. The third kappa shape index (κ3) is 2.71. The first-order valence-electron chi connectivity index (χ1n) is 6.19. The topological polar surface area (TPSA) is 74.3 Å². The molecule has 5 heteroatoms. The Balaban J connectivity index is 2.41. The van der Waals surface area contributed by atoms with Crippen LogP contribution in [0.15, 0.2) is 47.4 Å². The van der Waals surface area contributed by atoms with E-state index in [0.29, 0.717) is 5.56 Å². The second-order valence-corrected chi connectivity index (χ2v) is 4.48. The number of aromatic nitrogens is 1. The molecule has 0 bridgehead atoms. The standard InChI is InChI=1S/C15H16N2O3/c1-10(11-3-6-13(20-2)7-4-11)17-9-12(15(16)19)5-8-14(17)18/h3-10H,1-2H3,(H2,16,19). The average molecular weight is 272 g/mol. The van der Waals surface area contributed by atoms with Gasteiger partial charge in [0.1, 0.15) is 5.75 Å². The van der Waals surface area contributed by atoms with E-state index < -0.39 is 5.91 Å². The van der Waals surface area contributed by atoms with Crippen molar-refractivity contribution in [2.45, 2.75) is 13.0 Å². The van der Waals surface area contributed by atoms with Crippen LogP contribution in [0.25, 0.3) is 0 Å². The van der Waals surface area contributed by atoms with Crippen molar-refractivity contribution in [3.8, 4) is 5.75 Å². The Kier molecular flexibility index (Phi) is 3.89. The van der Waals surface area contributed by atoms with E-state index in [1.54, 1.807) is 7.11 Å². The Labute approximate surface area is 116 Å². The van der Waals surface area contributed by atoms with Crippen LogP contribution < -0.4 is 16.0 Å². The number of nitrogens with zero attached hydrogens (tertiary/aromatic N) is 1. The zero-order valence-corrected chi connectivity index (χ0v) is 11.4. The summed E-state index contributed by atoms with van der Waals surface area (Å²) in [5.41, 5.74) is 6.31. The summed E-state index contributed by atoms with van der Waals surface area (Å²) in [5.74, 6) is 0.194. The number of carbonyl (C=O) groups excluding carboxylic acids is 1. The lowest BCUT2D eigenvalue weighted by Crippen LogP contribution is -2.25. The van der Waals surface area contributed by atoms with Crippen molar-refractivity contribution in [1.82, 2.24) is 4.57 Å². The number of methoxy groups -OCH3 is 1. The van der Waals surface area contributed by atoms with E-state index in [-0.39, 0.29) is 11.6 Å². The molecule has 1 atom stereocenters. The number of pyridine rings is 1. The fourth-order valence-corrected chi connectivity index (χ4v) is 2.00. The number of ether oxygens (including phenoxy) is 1. The van der Waals surface area contributed by atoms with Gasteiger partial charge >= 0.3 is 0 Å². The van der Waals surface area contributed by atoms with E-state index >= 15 is 0 Å². The number of hydrogen-bond acceptors (Lipinski definition) is 3. The van der Waals surface area contributed by atoms with Gasteiger partial charge in [0.05, 0.1) is 18.7 Å². The van der Waals surface area contributed by atoms with Crippen LogP contribution in [-0.4, -0.2) is 17.6 Å². The smallest absolute Gasteiger partial charge is 0.251 e. The summed E-state index contributed by atoms with van der Waals surface area (Å²) >= 11 is 0. The molecule has 5 nitrogen and oxygen atoms in total. The van der Waals surface area contributed by atoms with Gasteiger partial charge in [0.15, 0.2) is 0 Å². The number of hydrogen-bond donors (Lipinski definition) is 1. The zero-order valence-electron chi connectivity index (χ0n) is 11.4. The summed E-state index contributed by atoms with van der Waals surface area (Å²) in [4.78, 5) is 23.1. The maximum atomic E-state index is 11.9. The molecule has 1 unspecified atom stereocenters. The molecule has 1 aromatic heterocycles. The minimum atomic E-state index is -0.555. The highest BCUT2D eigenvalue weighted by Crippen LogP contribution is 2.19. The molecule has 2 rings (SSSR count). The van der Waals surface area contributed by atoms with Crippen molar-refractivity contribution in [3.63, 3.8) is 0 Å². The highest BCUT2D eigenvalue weighted by atomic mass is 16.5. The Bertz CT molecular complexity index is 674. The van der Waals surface area contributed by atoms with E-state index in [4.69, 9.17) is 10.5 Å². The molecule has 0 aliphatic carbocycles. The first kappa shape index (κ1) is 13.9. The first-order valence-corrected chi connectivity index (χ1v) is 6.19. The molecule has 0 saturated carbocycles. The summed E-state index contributed by atoms with van der Waals surface area (Å²) in [7, 11) is 1.60. The Morgan fingerprint density at radius 2 is 1.85 bits per heavy atom. The van der Waals surface area contributed by atoms with Crippen LogP contribution in [0.5, 0.6) is 5.75 Å². The van der Waals surface area contributed by atoms with Crippen LogP contribution in [0, 0.1) is 0 Å². The van der Waals surface area contributed by atoms with Gasteiger partial charge in [-0.05, 0) is 30.7 Å². The van der Waals surface area contributed by atoms with Gasteiger partial charge in [-0.1, -0.05) is 12.1 Å². The molecule has 0 saturated heterocycles. The van der Waals surface area contributed by atoms with Crippen LogP contribution in [0.1, 0.15) is 28.9 Å². The molecule has 1 aromatic carbocycles. The van der Waals surface area contributed by atoms with Crippen LogP contribution in [0.2, 0.25) is 0 Å². The molecular weight excluding hydrogens is 256 g/mol. The predicted octanol–water partition coefficient (Wildman–Crippen LogP) is 1.57. The van der Waals surface area contributed by atoms with Gasteiger partial charge in [-0.2, -0.15) is 0 Å². The Morgan fingerprint density at radius 3 is 2.40 bits per heavy atom. The molecule has 0 aliphatic rings. The van der Waals surface area contributed by atoms with Crippen LogP contribution in [-0.2, 0) is 0 Å². The molecule has 20 heavy (non-hydrogen) atoms. The normalized spacial score (nSPS) is 11.9. The van der Waals surface area contributed by atoms with Crippen LogP contribution in [0.3, 0.4) is 0 Å². The van der Waals surface area contributed by atoms with Crippen molar-refractivity contribution >= 4 is 5.91 Å². The zero-order chi connectivity index (χ0) is 14.7. The van der Waals surface area contributed by atoms with Crippen molar-refractivity contribution < 1.29 is 9.53 Å². The number of rotatable bonds is 4. The molecule has 2 N–H and O–H groups in total. The van der Waals surface area contributed by atoms with E-state index in [0.717, 1.165) is 11.3 Å². The highest BCUT2D eigenvalue weighted by molar-refractivity contribution is 5.92. The van der Waals surface area contributed by atoms with Gasteiger partial charge in [0, 0.05) is 12.3 Å². The quantitative estimate of drug-likeness (QED) is 0.918. The van der Waals surface area contributed by atoms with Gasteiger partial charge in [0.2, 0.25) is 5.91 Å². The molecule has 0 aliphatic heterocycles.